The van der Waals surface area contributed by atoms with Crippen molar-refractivity contribution in [3.63, 3.8) is 0 Å². The van der Waals surface area contributed by atoms with E-state index in [0.717, 1.165) is 0 Å². The average Bonchev–Trinajstić information content (AvgIpc) is 2.15. The lowest BCUT2D eigenvalue weighted by Crippen LogP contribution is -2.22. The highest BCUT2D eigenvalue weighted by Crippen LogP contribution is 2.14. The van der Waals surface area contributed by atoms with E-state index >= 15 is 0 Å². The van der Waals surface area contributed by atoms with Gasteiger partial charge in [-0.25, -0.2) is 0 Å². The second kappa shape index (κ2) is 3.91. The number of nitrogen functional groups attached to an aromatic ring is 1. The Bertz CT molecular complexity index is 312. The number of anilines is 1. The molecule has 1 atom stereocenters. The van der Waals surface area contributed by atoms with Gasteiger partial charge in [-0.3, -0.25) is 4.79 Å². The number of esters is 1. The average molecular weight is 180 g/mol. The topological polar surface area (TPSA) is 78.3 Å². The summed E-state index contributed by atoms with van der Waals surface area (Å²) in [5, 5.41) is 0. The fraction of sp³-hybridized carbons (Fsp3) is 0.222. The van der Waals surface area contributed by atoms with E-state index in [4.69, 9.17) is 11.5 Å². The van der Waals surface area contributed by atoms with Crippen molar-refractivity contribution >= 4 is 11.7 Å². The van der Waals surface area contributed by atoms with Gasteiger partial charge in [0.05, 0.1) is 7.11 Å². The van der Waals surface area contributed by atoms with Crippen molar-refractivity contribution in [1.29, 1.82) is 0 Å². The van der Waals surface area contributed by atoms with Crippen molar-refractivity contribution in [2.75, 3.05) is 12.8 Å². The summed E-state index contributed by atoms with van der Waals surface area (Å²) in [4.78, 5) is 11.0. The number of carbonyl (C=O) groups excluding carboxylic acids is 1. The van der Waals surface area contributed by atoms with Crippen molar-refractivity contribution in [2.45, 2.75) is 6.04 Å². The number of hydrogen-bond donors (Lipinski definition) is 2. The minimum absolute atomic E-state index is 0.467. The van der Waals surface area contributed by atoms with Crippen LogP contribution < -0.4 is 11.5 Å². The zero-order valence-electron chi connectivity index (χ0n) is 7.36. The number of hydrogen-bond acceptors (Lipinski definition) is 4. The molecule has 70 valence electrons. The molecule has 0 aliphatic rings. The summed E-state index contributed by atoms with van der Waals surface area (Å²) in [6.07, 6.45) is 0. The maximum atomic E-state index is 11.0. The van der Waals surface area contributed by atoms with E-state index < -0.39 is 12.0 Å². The van der Waals surface area contributed by atoms with Gasteiger partial charge in [-0.15, -0.1) is 0 Å². The normalized spacial score (nSPS) is 12.2. The number of benzene rings is 1. The Morgan fingerprint density at radius 1 is 1.54 bits per heavy atom. The molecular formula is C9H12N2O2. The Labute approximate surface area is 76.5 Å². The first-order valence-corrected chi connectivity index (χ1v) is 3.84. The molecule has 1 rings (SSSR count). The monoisotopic (exact) mass is 180 g/mol. The third-order valence-electron chi connectivity index (χ3n) is 1.72. The first kappa shape index (κ1) is 9.54. The summed E-state index contributed by atoms with van der Waals surface area (Å²) >= 11 is 0. The Morgan fingerprint density at radius 3 is 2.77 bits per heavy atom. The van der Waals surface area contributed by atoms with Gasteiger partial charge in [0.25, 0.3) is 0 Å². The summed E-state index contributed by atoms with van der Waals surface area (Å²) in [7, 11) is 1.30. The second-order valence-electron chi connectivity index (χ2n) is 2.67. The Kier molecular flexibility index (Phi) is 2.87. The van der Waals surface area contributed by atoms with Gasteiger partial charge in [-0.1, -0.05) is 12.1 Å². The van der Waals surface area contributed by atoms with Crippen molar-refractivity contribution in [3.05, 3.63) is 29.8 Å². The maximum absolute atomic E-state index is 11.0. The fourth-order valence-corrected chi connectivity index (χ4v) is 1.02. The van der Waals surface area contributed by atoms with E-state index in [1.54, 1.807) is 24.3 Å². The molecule has 4 nitrogen and oxygen atoms in total. The van der Waals surface area contributed by atoms with Crippen molar-refractivity contribution < 1.29 is 9.53 Å². The Morgan fingerprint density at radius 2 is 2.23 bits per heavy atom. The molecule has 0 amide bonds. The van der Waals surface area contributed by atoms with Crippen molar-refractivity contribution in [2.24, 2.45) is 5.73 Å². The Balaban J connectivity index is 2.88. The fourth-order valence-electron chi connectivity index (χ4n) is 1.02. The summed E-state index contributed by atoms with van der Waals surface area (Å²) in [5.41, 5.74) is 12.4. The molecule has 0 aromatic heterocycles. The predicted octanol–water partition coefficient (Wildman–Crippen LogP) is 0.442. The van der Waals surface area contributed by atoms with Crippen LogP contribution in [0.3, 0.4) is 0 Å². The van der Waals surface area contributed by atoms with Gasteiger partial charge in [-0.2, -0.15) is 0 Å². The minimum Gasteiger partial charge on any atom is -0.468 e. The van der Waals surface area contributed by atoms with Crippen LogP contribution in [0.1, 0.15) is 11.6 Å². The van der Waals surface area contributed by atoms with Gasteiger partial charge in [0.15, 0.2) is 0 Å². The van der Waals surface area contributed by atoms with E-state index in [1.165, 1.54) is 7.11 Å². The van der Waals surface area contributed by atoms with Crippen molar-refractivity contribution in [3.8, 4) is 0 Å². The molecule has 1 aromatic rings. The number of nitrogens with two attached hydrogens (primary N) is 2. The largest absolute Gasteiger partial charge is 0.468 e. The number of rotatable bonds is 2. The van der Waals surface area contributed by atoms with Crippen LogP contribution in [0.2, 0.25) is 0 Å². The lowest BCUT2D eigenvalue weighted by atomic mass is 10.1. The van der Waals surface area contributed by atoms with Crippen molar-refractivity contribution in [1.82, 2.24) is 0 Å². The zero-order valence-corrected chi connectivity index (χ0v) is 7.36. The summed E-state index contributed by atoms with van der Waals surface area (Å²) in [6.45, 7) is 0. The molecule has 4 heteroatoms. The number of carbonyl (C=O) groups is 1. The number of ether oxygens (including phenoxy) is 1. The SMILES string of the molecule is COC(=O)C(N)c1cccc(N)c1. The van der Waals surface area contributed by atoms with E-state index in [-0.39, 0.29) is 0 Å². The molecule has 4 N–H and O–H groups in total. The highest BCUT2D eigenvalue weighted by Gasteiger charge is 2.15. The van der Waals surface area contributed by atoms with E-state index in [9.17, 15) is 4.79 Å². The van der Waals surface area contributed by atoms with Crippen LogP contribution in [0, 0.1) is 0 Å². The molecular weight excluding hydrogens is 168 g/mol. The van der Waals surface area contributed by atoms with Gasteiger partial charge >= 0.3 is 5.97 Å². The molecule has 0 saturated carbocycles. The molecule has 0 fully saturated rings. The van der Waals surface area contributed by atoms with Gasteiger partial charge in [0.2, 0.25) is 0 Å². The molecule has 1 unspecified atom stereocenters. The molecule has 13 heavy (non-hydrogen) atoms. The van der Waals surface area contributed by atoms with Crippen LogP contribution in [-0.4, -0.2) is 13.1 Å². The van der Waals surface area contributed by atoms with Crippen LogP contribution >= 0.6 is 0 Å². The van der Waals surface area contributed by atoms with Crippen LogP contribution in [0.15, 0.2) is 24.3 Å². The summed E-state index contributed by atoms with van der Waals surface area (Å²) in [6, 6.07) is 6.11. The molecule has 1 aromatic carbocycles. The molecule has 0 aliphatic heterocycles. The zero-order chi connectivity index (χ0) is 9.84. The summed E-state index contributed by atoms with van der Waals surface area (Å²) in [5.74, 6) is -0.467. The van der Waals surface area contributed by atoms with Crippen LogP contribution in [-0.2, 0) is 9.53 Å². The van der Waals surface area contributed by atoms with Gasteiger partial charge in [0, 0.05) is 5.69 Å². The molecule has 0 radical (unpaired) electrons. The smallest absolute Gasteiger partial charge is 0.327 e. The standard InChI is InChI=1S/C9H12N2O2/c1-13-9(12)8(11)6-3-2-4-7(10)5-6/h2-5,8H,10-11H2,1H3. The van der Waals surface area contributed by atoms with Gasteiger partial charge in [-0.05, 0) is 17.7 Å². The second-order valence-corrected chi connectivity index (χ2v) is 2.67. The van der Waals surface area contributed by atoms with Gasteiger partial charge < -0.3 is 16.2 Å². The van der Waals surface area contributed by atoms with Gasteiger partial charge in [0.1, 0.15) is 6.04 Å². The Hall–Kier alpha value is -1.55. The van der Waals surface area contributed by atoms with E-state index in [1.807, 2.05) is 0 Å². The first-order valence-electron chi connectivity index (χ1n) is 3.84. The van der Waals surface area contributed by atoms with E-state index in [0.29, 0.717) is 11.3 Å². The third kappa shape index (κ3) is 2.19. The van der Waals surface area contributed by atoms with Crippen LogP contribution in [0.25, 0.3) is 0 Å². The predicted molar refractivity (Wildman–Crippen MR) is 49.8 cm³/mol. The van der Waals surface area contributed by atoms with Crippen LogP contribution in [0.5, 0.6) is 0 Å². The quantitative estimate of drug-likeness (QED) is 0.511. The molecule has 0 saturated heterocycles. The molecule has 0 bridgehead atoms. The minimum atomic E-state index is -0.756. The lowest BCUT2D eigenvalue weighted by Gasteiger charge is -2.09. The highest BCUT2D eigenvalue weighted by atomic mass is 16.5. The molecule has 0 heterocycles. The first-order chi connectivity index (χ1) is 6.15. The molecule has 0 spiro atoms. The maximum Gasteiger partial charge on any atom is 0.327 e. The lowest BCUT2D eigenvalue weighted by molar-refractivity contribution is -0.142. The number of methoxy groups -OCH3 is 1. The summed E-state index contributed by atoms with van der Waals surface area (Å²) < 4.78 is 4.50. The molecule has 0 aliphatic carbocycles. The third-order valence-corrected chi connectivity index (χ3v) is 1.72. The van der Waals surface area contributed by atoms with Crippen LogP contribution in [0.4, 0.5) is 5.69 Å². The highest BCUT2D eigenvalue weighted by molar-refractivity contribution is 5.77. The van der Waals surface area contributed by atoms with E-state index in [2.05, 4.69) is 4.74 Å².